The molecule has 0 fully saturated rings. The van der Waals surface area contributed by atoms with Gasteiger partial charge in [-0.05, 0) is 45.1 Å². The van der Waals surface area contributed by atoms with E-state index in [1.807, 2.05) is 30.9 Å². The number of carboxylic acid groups (broad SMARTS) is 2. The first-order valence-corrected chi connectivity index (χ1v) is 8.56. The van der Waals surface area contributed by atoms with Gasteiger partial charge in [0, 0.05) is 36.6 Å². The summed E-state index contributed by atoms with van der Waals surface area (Å²) >= 11 is 0. The highest BCUT2D eigenvalue weighted by molar-refractivity contribution is 5.89. The summed E-state index contributed by atoms with van der Waals surface area (Å²) in [6, 6.07) is 8.30. The van der Waals surface area contributed by atoms with E-state index in [9.17, 15) is 9.59 Å². The van der Waals surface area contributed by atoms with Gasteiger partial charge in [0.2, 0.25) is 0 Å². The van der Waals surface area contributed by atoms with Gasteiger partial charge in [-0.25, -0.2) is 14.6 Å². The van der Waals surface area contributed by atoms with Crippen LogP contribution in [0, 0.1) is 0 Å². The monoisotopic (exact) mass is 389 g/mol. The second kappa shape index (κ2) is 10.9. The molecule has 0 radical (unpaired) electrons. The van der Waals surface area contributed by atoms with E-state index in [2.05, 4.69) is 47.6 Å². The van der Waals surface area contributed by atoms with Gasteiger partial charge in [0.1, 0.15) is 5.75 Å². The zero-order valence-electron chi connectivity index (χ0n) is 16.6. The Morgan fingerprint density at radius 2 is 1.75 bits per heavy atom. The minimum atomic E-state index is -1.26. The number of hydrogen-bond acceptors (Lipinski definition) is 5. The lowest BCUT2D eigenvalue weighted by Crippen LogP contribution is -2.46. The molecule has 0 aliphatic carbocycles. The average molecular weight is 389 g/mol. The Bertz CT molecular complexity index is 754. The van der Waals surface area contributed by atoms with Crippen molar-refractivity contribution in [2.45, 2.75) is 25.4 Å². The molecule has 0 bridgehead atoms. The first-order valence-electron chi connectivity index (χ1n) is 8.56. The van der Waals surface area contributed by atoms with Crippen LogP contribution in [-0.2, 0) is 22.6 Å². The Labute approximate surface area is 164 Å². The van der Waals surface area contributed by atoms with Crippen LogP contribution in [0.25, 0.3) is 0 Å². The van der Waals surface area contributed by atoms with Crippen molar-refractivity contribution in [2.75, 3.05) is 21.2 Å². The number of nitrogens with zero attached hydrogens (tertiary/aromatic N) is 3. The normalized spacial score (nSPS) is 12.9. The molecular weight excluding hydrogens is 362 g/mol. The van der Waals surface area contributed by atoms with E-state index >= 15 is 0 Å². The molecule has 28 heavy (non-hydrogen) atoms. The Kier molecular flexibility index (Phi) is 8.90. The van der Waals surface area contributed by atoms with Crippen LogP contribution in [0.4, 0.5) is 0 Å². The quantitative estimate of drug-likeness (QED) is 0.667. The molecule has 8 nitrogen and oxygen atoms in total. The van der Waals surface area contributed by atoms with Crippen LogP contribution in [0.3, 0.4) is 0 Å². The van der Waals surface area contributed by atoms with Crippen molar-refractivity contribution >= 4 is 11.9 Å². The number of hydrogen-bond donors (Lipinski definition) is 2. The van der Waals surface area contributed by atoms with Crippen molar-refractivity contribution in [3.63, 3.8) is 0 Å². The van der Waals surface area contributed by atoms with Gasteiger partial charge in [0.15, 0.2) is 0 Å². The molecule has 152 valence electrons. The summed E-state index contributed by atoms with van der Waals surface area (Å²) in [5.41, 5.74) is 1.34. The van der Waals surface area contributed by atoms with Gasteiger partial charge in [-0.15, -0.1) is 0 Å². The highest BCUT2D eigenvalue weighted by Crippen LogP contribution is 2.22. The van der Waals surface area contributed by atoms with Gasteiger partial charge in [0.25, 0.3) is 0 Å². The van der Waals surface area contributed by atoms with Crippen LogP contribution < -0.4 is 4.74 Å². The number of aliphatic carboxylic acids is 2. The van der Waals surface area contributed by atoms with E-state index in [0.29, 0.717) is 12.2 Å². The van der Waals surface area contributed by atoms with Crippen molar-refractivity contribution in [2.24, 2.45) is 0 Å². The van der Waals surface area contributed by atoms with Gasteiger partial charge < -0.3 is 24.4 Å². The number of ether oxygens (including phenoxy) is 1. The third kappa shape index (κ3) is 8.05. The van der Waals surface area contributed by atoms with Crippen LogP contribution in [0.5, 0.6) is 5.75 Å². The van der Waals surface area contributed by atoms with Crippen LogP contribution in [0.1, 0.15) is 12.5 Å². The highest BCUT2D eigenvalue weighted by Gasteiger charge is 2.27. The number of imidazole rings is 1. The molecule has 1 aromatic carbocycles. The molecule has 1 aromatic heterocycles. The Hall–Kier alpha value is -3.13. The molecule has 0 amide bonds. The highest BCUT2D eigenvalue weighted by atomic mass is 16.5. The Morgan fingerprint density at radius 3 is 2.14 bits per heavy atom. The Balaban J connectivity index is 0.000000416. The van der Waals surface area contributed by atoms with Gasteiger partial charge in [0.05, 0.1) is 13.4 Å². The largest absolute Gasteiger partial charge is 0.497 e. The fraction of sp³-hybridized carbons (Fsp3) is 0.350. The van der Waals surface area contributed by atoms with Crippen LogP contribution >= 0.6 is 0 Å². The third-order valence-electron chi connectivity index (χ3n) is 4.27. The zero-order chi connectivity index (χ0) is 21.2. The average Bonchev–Trinajstić information content (AvgIpc) is 3.13. The minimum absolute atomic E-state index is 0.0370. The minimum Gasteiger partial charge on any atom is -0.497 e. The summed E-state index contributed by atoms with van der Waals surface area (Å²) in [6.07, 6.45) is 7.79. The van der Waals surface area contributed by atoms with E-state index in [0.717, 1.165) is 18.7 Å². The number of rotatable bonds is 8. The van der Waals surface area contributed by atoms with Crippen LogP contribution in [0.15, 0.2) is 55.1 Å². The van der Waals surface area contributed by atoms with Crippen molar-refractivity contribution in [3.8, 4) is 5.75 Å². The fourth-order valence-corrected chi connectivity index (χ4v) is 2.45. The second-order valence-electron chi connectivity index (χ2n) is 6.66. The van der Waals surface area contributed by atoms with Crippen LogP contribution in [-0.4, -0.2) is 63.3 Å². The number of carbonyl (C=O) groups is 2. The number of aromatic nitrogens is 2. The summed E-state index contributed by atoms with van der Waals surface area (Å²) in [5.74, 6) is -1.62. The summed E-state index contributed by atoms with van der Waals surface area (Å²) in [7, 11) is 5.94. The molecule has 0 saturated heterocycles. The Morgan fingerprint density at radius 1 is 1.18 bits per heavy atom. The molecular formula is C20H27N3O5. The van der Waals surface area contributed by atoms with E-state index in [-0.39, 0.29) is 5.54 Å². The molecule has 2 N–H and O–H groups in total. The molecule has 2 rings (SSSR count). The molecule has 8 heteroatoms. The summed E-state index contributed by atoms with van der Waals surface area (Å²) in [6.45, 7) is 3.18. The first-order chi connectivity index (χ1) is 13.2. The maximum Gasteiger partial charge on any atom is 0.328 e. The third-order valence-corrected chi connectivity index (χ3v) is 4.27. The van der Waals surface area contributed by atoms with E-state index in [1.54, 1.807) is 7.11 Å². The van der Waals surface area contributed by atoms with Crippen molar-refractivity contribution < 1.29 is 24.5 Å². The fourth-order valence-electron chi connectivity index (χ4n) is 2.45. The lowest BCUT2D eigenvalue weighted by atomic mass is 9.91. The van der Waals surface area contributed by atoms with E-state index in [4.69, 9.17) is 14.9 Å². The zero-order valence-corrected chi connectivity index (χ0v) is 16.6. The van der Waals surface area contributed by atoms with Gasteiger partial charge in [-0.2, -0.15) is 0 Å². The van der Waals surface area contributed by atoms with Gasteiger partial charge >= 0.3 is 11.9 Å². The second-order valence-corrected chi connectivity index (χ2v) is 6.66. The van der Waals surface area contributed by atoms with Gasteiger partial charge in [-0.3, -0.25) is 0 Å². The van der Waals surface area contributed by atoms with Crippen molar-refractivity contribution in [1.29, 1.82) is 0 Å². The first kappa shape index (κ1) is 22.9. The molecule has 0 aliphatic heterocycles. The molecule has 1 heterocycles. The number of likely N-dealkylation sites (N-methyl/N-ethyl adjacent to an activating group) is 1. The molecule has 2 aromatic rings. The number of methoxy groups -OCH3 is 1. The molecule has 0 saturated carbocycles. The maximum atomic E-state index is 9.55. The summed E-state index contributed by atoms with van der Waals surface area (Å²) in [4.78, 5) is 25.5. The van der Waals surface area contributed by atoms with Crippen LogP contribution in [0.2, 0.25) is 0 Å². The smallest absolute Gasteiger partial charge is 0.328 e. The van der Waals surface area contributed by atoms with E-state index in [1.165, 1.54) is 5.56 Å². The molecule has 0 spiro atoms. The predicted octanol–water partition coefficient (Wildman–Crippen LogP) is 2.17. The van der Waals surface area contributed by atoms with Crippen molar-refractivity contribution in [3.05, 3.63) is 60.7 Å². The summed E-state index contributed by atoms with van der Waals surface area (Å²) in [5, 5.41) is 15.6. The lowest BCUT2D eigenvalue weighted by Gasteiger charge is -2.37. The topological polar surface area (TPSA) is 105 Å². The number of benzene rings is 1. The number of carboxylic acids is 2. The van der Waals surface area contributed by atoms with Gasteiger partial charge in [-0.1, -0.05) is 12.1 Å². The SMILES string of the molecule is COc1ccc(CC(C)(Cn2ccnc2)N(C)C)cc1.O=C(O)/C=C/C(=O)O. The molecule has 0 aliphatic rings. The predicted molar refractivity (Wildman–Crippen MR) is 105 cm³/mol. The van der Waals surface area contributed by atoms with Crippen molar-refractivity contribution in [1.82, 2.24) is 14.5 Å². The molecule has 1 atom stereocenters. The van der Waals surface area contributed by atoms with E-state index < -0.39 is 11.9 Å². The lowest BCUT2D eigenvalue weighted by molar-refractivity contribution is -0.134. The summed E-state index contributed by atoms with van der Waals surface area (Å²) < 4.78 is 7.34. The molecule has 1 unspecified atom stereocenters. The maximum absolute atomic E-state index is 9.55. The standard InChI is InChI=1S/C16H23N3O.C4H4O4/c1-16(18(2)3,12-19-10-9-17-13-19)11-14-5-7-15(20-4)8-6-14;5-3(6)1-2-4(7)8/h5-10,13H,11-12H2,1-4H3;1-2H,(H,5,6)(H,7,8)/b;2-1+.